The predicted molar refractivity (Wildman–Crippen MR) is 120 cm³/mol. The summed E-state index contributed by atoms with van der Waals surface area (Å²) in [6, 6.07) is 0.795. The van der Waals surface area contributed by atoms with Gasteiger partial charge in [-0.3, -0.25) is 4.90 Å². The van der Waals surface area contributed by atoms with E-state index in [1.807, 2.05) is 11.1 Å². The first-order valence-electron chi connectivity index (χ1n) is 13.2. The molecule has 168 valence electrons. The third-order valence-corrected chi connectivity index (χ3v) is 11.4. The van der Waals surface area contributed by atoms with Crippen LogP contribution in [0.3, 0.4) is 0 Å². The van der Waals surface area contributed by atoms with Crippen molar-refractivity contribution < 1.29 is 10.2 Å². The molecule has 0 amide bonds. The van der Waals surface area contributed by atoms with Crippen LogP contribution >= 0.6 is 0 Å². The van der Waals surface area contributed by atoms with Crippen LogP contribution in [0.5, 0.6) is 0 Å². The van der Waals surface area contributed by atoms with E-state index >= 15 is 0 Å². The van der Waals surface area contributed by atoms with Crippen molar-refractivity contribution in [3.63, 3.8) is 0 Å². The molecule has 2 heterocycles. The summed E-state index contributed by atoms with van der Waals surface area (Å²) in [5.41, 5.74) is 3.94. The maximum Gasteiger partial charge on any atom is 0.0577 e. The van der Waals surface area contributed by atoms with E-state index in [2.05, 4.69) is 25.7 Å². The predicted octanol–water partition coefficient (Wildman–Crippen LogP) is 4.63. The Labute approximate surface area is 183 Å². The second-order valence-corrected chi connectivity index (χ2v) is 12.7. The minimum absolute atomic E-state index is 0.190. The fraction of sp³-hybridized carbons (Fsp3) is 0.926. The smallest absolute Gasteiger partial charge is 0.0577 e. The molecule has 4 aliphatic carbocycles. The van der Waals surface area contributed by atoms with Gasteiger partial charge in [-0.05, 0) is 105 Å². The molecule has 0 aromatic heterocycles. The van der Waals surface area contributed by atoms with Gasteiger partial charge in [0.15, 0.2) is 0 Å². The molecule has 30 heavy (non-hydrogen) atoms. The van der Waals surface area contributed by atoms with Crippen LogP contribution in [0, 0.1) is 46.8 Å². The molecule has 2 aliphatic heterocycles. The Morgan fingerprint density at radius 3 is 2.57 bits per heavy atom. The number of aliphatic hydroxyl groups excluding tert-OH is 2. The average Bonchev–Trinajstić information content (AvgIpc) is 3.09. The molecule has 0 aromatic carbocycles. The summed E-state index contributed by atoms with van der Waals surface area (Å²) in [5.74, 6) is 4.97. The normalized spacial score (nSPS) is 55.9. The maximum absolute atomic E-state index is 11.2. The van der Waals surface area contributed by atoms with E-state index < -0.39 is 0 Å². The van der Waals surface area contributed by atoms with Crippen LogP contribution in [-0.4, -0.2) is 46.5 Å². The number of fused-ring (bicyclic) bond motifs is 7. The van der Waals surface area contributed by atoms with Gasteiger partial charge in [-0.2, -0.15) is 0 Å². The highest BCUT2D eigenvalue weighted by Crippen LogP contribution is 2.66. The standard InChI is InChI=1S/C27H43NO2/c1-15-4-7-25-16(2)18-5-6-19-20(22(18)14-28(25)13-15)11-23-21(19)12-26(30)24-10-17(29)8-9-27(23,24)3/h15-17,19-21,23-26,29-30H,4-14H2,1-3H3/t15-,16?,17+,19-,20-,21+,23+,24-,25?,26-,27-/m1/s1. The lowest BCUT2D eigenvalue weighted by molar-refractivity contribution is -0.129. The minimum Gasteiger partial charge on any atom is -0.393 e. The van der Waals surface area contributed by atoms with Gasteiger partial charge in [0, 0.05) is 19.1 Å². The molecule has 3 nitrogen and oxygen atoms in total. The van der Waals surface area contributed by atoms with Crippen molar-refractivity contribution in [2.75, 3.05) is 13.1 Å². The maximum atomic E-state index is 11.2. The van der Waals surface area contributed by atoms with E-state index in [9.17, 15) is 10.2 Å². The molecule has 6 aliphatic rings. The molecule has 3 heteroatoms. The number of hydrogen-bond donors (Lipinski definition) is 2. The first-order chi connectivity index (χ1) is 14.4. The van der Waals surface area contributed by atoms with Crippen LogP contribution in [0.15, 0.2) is 11.1 Å². The van der Waals surface area contributed by atoms with Crippen LogP contribution < -0.4 is 0 Å². The molecule has 4 fully saturated rings. The summed E-state index contributed by atoms with van der Waals surface area (Å²) in [5, 5.41) is 21.5. The van der Waals surface area contributed by atoms with Gasteiger partial charge in [0.2, 0.25) is 0 Å². The molecule has 0 spiro atoms. The molecular weight excluding hydrogens is 370 g/mol. The summed E-state index contributed by atoms with van der Waals surface area (Å²) in [6.45, 7) is 10.0. The lowest BCUT2D eigenvalue weighted by Gasteiger charge is -2.55. The van der Waals surface area contributed by atoms with Crippen molar-refractivity contribution in [2.24, 2.45) is 46.8 Å². The van der Waals surface area contributed by atoms with Gasteiger partial charge < -0.3 is 10.2 Å². The van der Waals surface area contributed by atoms with Crippen molar-refractivity contribution in [3.8, 4) is 0 Å². The zero-order valence-electron chi connectivity index (χ0n) is 19.4. The Morgan fingerprint density at radius 1 is 0.900 bits per heavy atom. The summed E-state index contributed by atoms with van der Waals surface area (Å²) >= 11 is 0. The van der Waals surface area contributed by atoms with Gasteiger partial charge in [0.1, 0.15) is 0 Å². The van der Waals surface area contributed by atoms with Crippen molar-refractivity contribution in [1.82, 2.24) is 4.90 Å². The van der Waals surface area contributed by atoms with Crippen molar-refractivity contribution in [1.29, 1.82) is 0 Å². The van der Waals surface area contributed by atoms with Crippen molar-refractivity contribution >= 4 is 0 Å². The Morgan fingerprint density at radius 2 is 1.73 bits per heavy atom. The van der Waals surface area contributed by atoms with Crippen LogP contribution in [0.1, 0.15) is 78.6 Å². The van der Waals surface area contributed by atoms with E-state index in [0.29, 0.717) is 11.8 Å². The van der Waals surface area contributed by atoms with Gasteiger partial charge in [0.05, 0.1) is 12.2 Å². The van der Waals surface area contributed by atoms with Gasteiger partial charge in [-0.15, -0.1) is 0 Å². The van der Waals surface area contributed by atoms with E-state index in [4.69, 9.17) is 0 Å². The summed E-state index contributed by atoms with van der Waals surface area (Å²) in [7, 11) is 0. The van der Waals surface area contributed by atoms with E-state index in [1.54, 1.807) is 0 Å². The van der Waals surface area contributed by atoms with Crippen molar-refractivity contribution in [3.05, 3.63) is 11.1 Å². The molecule has 2 unspecified atom stereocenters. The summed E-state index contributed by atoms with van der Waals surface area (Å²) < 4.78 is 0. The second-order valence-electron chi connectivity index (χ2n) is 12.7. The highest BCUT2D eigenvalue weighted by atomic mass is 16.3. The van der Waals surface area contributed by atoms with Crippen LogP contribution in [0.25, 0.3) is 0 Å². The quantitative estimate of drug-likeness (QED) is 0.569. The van der Waals surface area contributed by atoms with Crippen molar-refractivity contribution in [2.45, 2.75) is 96.8 Å². The first-order valence-corrected chi connectivity index (χ1v) is 13.2. The molecule has 0 bridgehead atoms. The monoisotopic (exact) mass is 413 g/mol. The van der Waals surface area contributed by atoms with Crippen LogP contribution in [0.4, 0.5) is 0 Å². The Hall–Kier alpha value is -0.380. The van der Waals surface area contributed by atoms with Gasteiger partial charge in [-0.25, -0.2) is 0 Å². The van der Waals surface area contributed by atoms with Crippen LogP contribution in [0.2, 0.25) is 0 Å². The molecule has 2 N–H and O–H groups in total. The number of nitrogens with zero attached hydrogens (tertiary/aromatic N) is 1. The lowest BCUT2D eigenvalue weighted by Crippen LogP contribution is -2.53. The summed E-state index contributed by atoms with van der Waals surface area (Å²) in [6.07, 6.45) is 10.4. The van der Waals surface area contributed by atoms with Gasteiger partial charge in [0.25, 0.3) is 0 Å². The highest BCUT2D eigenvalue weighted by Gasteiger charge is 2.61. The van der Waals surface area contributed by atoms with Gasteiger partial charge in [-0.1, -0.05) is 31.9 Å². The Bertz CT molecular complexity index is 732. The molecule has 0 aromatic rings. The number of hydrogen-bond acceptors (Lipinski definition) is 3. The third kappa shape index (κ3) is 2.80. The number of aliphatic hydroxyl groups is 2. The number of piperidine rings is 1. The third-order valence-electron chi connectivity index (χ3n) is 11.4. The lowest BCUT2D eigenvalue weighted by atomic mass is 9.51. The molecule has 0 radical (unpaired) electrons. The molecule has 6 rings (SSSR count). The largest absolute Gasteiger partial charge is 0.393 e. The molecule has 11 atom stereocenters. The fourth-order valence-corrected chi connectivity index (χ4v) is 9.90. The minimum atomic E-state index is -0.196. The van der Waals surface area contributed by atoms with E-state index in [-0.39, 0.29) is 17.6 Å². The highest BCUT2D eigenvalue weighted by molar-refractivity contribution is 5.32. The SMILES string of the molecule is CC1C2=C(CN3C[C@H](C)CCC13)[C@@H]1C[C@H]3[C@@H](C[C@@H](O)[C@H]4C[C@@H](O)CC[C@@]43C)[C@@H]1CC2. The Balaban J connectivity index is 1.32. The average molecular weight is 414 g/mol. The Kier molecular flexibility index (Phi) is 4.76. The molecule has 3 saturated carbocycles. The molecular formula is C27H43NO2. The molecule has 1 saturated heterocycles. The van der Waals surface area contributed by atoms with Gasteiger partial charge >= 0.3 is 0 Å². The second kappa shape index (κ2) is 7.06. The fourth-order valence-electron chi connectivity index (χ4n) is 9.90. The topological polar surface area (TPSA) is 43.7 Å². The summed E-state index contributed by atoms with van der Waals surface area (Å²) in [4.78, 5) is 2.86. The van der Waals surface area contributed by atoms with Crippen LogP contribution in [-0.2, 0) is 0 Å². The zero-order valence-corrected chi connectivity index (χ0v) is 19.4. The van der Waals surface area contributed by atoms with E-state index in [1.165, 1.54) is 45.2 Å². The van der Waals surface area contributed by atoms with E-state index in [0.717, 1.165) is 61.3 Å². The number of rotatable bonds is 0. The first kappa shape index (κ1) is 20.2. The zero-order chi connectivity index (χ0) is 20.8.